The van der Waals surface area contributed by atoms with Crippen molar-refractivity contribution >= 4 is 29.6 Å². The van der Waals surface area contributed by atoms with Gasteiger partial charge in [0.15, 0.2) is 5.16 Å². The maximum absolute atomic E-state index is 12.3. The van der Waals surface area contributed by atoms with Crippen LogP contribution in [0.3, 0.4) is 0 Å². The molecule has 4 amide bonds. The molecule has 0 bridgehead atoms. The maximum Gasteiger partial charge on any atom is 0.324 e. The first-order valence-corrected chi connectivity index (χ1v) is 10.4. The Balaban J connectivity index is 1.41. The zero-order valence-corrected chi connectivity index (χ0v) is 16.6. The number of urea groups is 1. The van der Waals surface area contributed by atoms with Crippen molar-refractivity contribution < 1.29 is 14.4 Å². The lowest BCUT2D eigenvalue weighted by molar-refractivity contribution is -0.131. The molecule has 8 nitrogen and oxygen atoms in total. The average Bonchev–Trinajstić information content (AvgIpc) is 3.15. The van der Waals surface area contributed by atoms with Crippen molar-refractivity contribution in [1.29, 1.82) is 0 Å². The molecule has 2 heterocycles. The van der Waals surface area contributed by atoms with E-state index >= 15 is 0 Å². The number of hydrogen-bond donors (Lipinski definition) is 2. The van der Waals surface area contributed by atoms with Crippen LogP contribution >= 0.6 is 11.8 Å². The van der Waals surface area contributed by atoms with Crippen molar-refractivity contribution in [3.8, 4) is 0 Å². The minimum Gasteiger partial charge on any atom is -0.353 e. The smallest absolute Gasteiger partial charge is 0.324 e. The lowest BCUT2D eigenvalue weighted by atomic mass is 9.95. The summed E-state index contributed by atoms with van der Waals surface area (Å²) < 4.78 is 2.02. The normalized spacial score (nSPS) is 25.6. The predicted octanol–water partition coefficient (Wildman–Crippen LogP) is 1.66. The van der Waals surface area contributed by atoms with Crippen LogP contribution in [-0.2, 0) is 16.6 Å². The number of nitrogens with one attached hydrogen (secondary N) is 2. The Bertz CT molecular complexity index is 699. The number of thioether (sulfide) groups is 1. The fraction of sp³-hybridized carbons (Fsp3) is 0.667. The number of nitrogens with zero attached hydrogens (tertiary/aromatic N) is 3. The molecule has 1 unspecified atom stereocenters. The molecule has 2 aliphatic rings. The highest BCUT2D eigenvalue weighted by molar-refractivity contribution is 7.99. The van der Waals surface area contributed by atoms with Gasteiger partial charge in [-0.05, 0) is 32.1 Å². The first-order valence-electron chi connectivity index (χ1n) is 9.53. The molecule has 27 heavy (non-hydrogen) atoms. The predicted molar refractivity (Wildman–Crippen MR) is 102 cm³/mol. The topological polar surface area (TPSA) is 96.3 Å². The van der Waals surface area contributed by atoms with E-state index in [-0.39, 0.29) is 24.3 Å². The summed E-state index contributed by atoms with van der Waals surface area (Å²) in [6.45, 7) is 2.30. The molecular weight excluding hydrogens is 366 g/mol. The van der Waals surface area contributed by atoms with Crippen LogP contribution in [0.5, 0.6) is 0 Å². The number of imide groups is 1. The van der Waals surface area contributed by atoms with Gasteiger partial charge in [-0.2, -0.15) is 0 Å². The third-order valence-corrected chi connectivity index (χ3v) is 6.44. The lowest BCUT2D eigenvalue weighted by Crippen LogP contribution is -2.42. The van der Waals surface area contributed by atoms with E-state index in [0.29, 0.717) is 18.2 Å². The standard InChI is InChI=1S/C18H27N5O3S/c1-3-9-23-16(25)14(21-17(23)26)11-15(24)20-12-4-6-13(7-5-12)27-18-19-8-10-22(18)2/h8,10,12-14H,3-7,9,11H2,1-2H3,(H,20,24)(H,21,26). The summed E-state index contributed by atoms with van der Waals surface area (Å²) in [6, 6.07) is -1.000. The molecule has 1 aromatic rings. The fourth-order valence-electron chi connectivity index (χ4n) is 3.56. The fourth-order valence-corrected chi connectivity index (χ4v) is 4.72. The summed E-state index contributed by atoms with van der Waals surface area (Å²) in [5.41, 5.74) is 0. The summed E-state index contributed by atoms with van der Waals surface area (Å²) >= 11 is 1.79. The van der Waals surface area contributed by atoms with Gasteiger partial charge in [0.2, 0.25) is 5.91 Å². The Morgan fingerprint density at radius 2 is 2.07 bits per heavy atom. The van der Waals surface area contributed by atoms with Crippen molar-refractivity contribution in [2.75, 3.05) is 6.54 Å². The number of imidazole rings is 1. The van der Waals surface area contributed by atoms with Gasteiger partial charge in [0.25, 0.3) is 5.91 Å². The number of aromatic nitrogens is 2. The molecule has 1 aromatic heterocycles. The van der Waals surface area contributed by atoms with Crippen LogP contribution in [0.25, 0.3) is 0 Å². The molecule has 1 aliphatic carbocycles. The van der Waals surface area contributed by atoms with Gasteiger partial charge in [-0.25, -0.2) is 9.78 Å². The molecule has 0 radical (unpaired) electrons. The molecule has 0 aromatic carbocycles. The van der Waals surface area contributed by atoms with Crippen LogP contribution in [-0.4, -0.2) is 56.2 Å². The van der Waals surface area contributed by atoms with Crippen molar-refractivity contribution in [3.63, 3.8) is 0 Å². The molecule has 1 atom stereocenters. The van der Waals surface area contributed by atoms with E-state index in [9.17, 15) is 14.4 Å². The minimum atomic E-state index is -0.737. The van der Waals surface area contributed by atoms with Gasteiger partial charge in [-0.3, -0.25) is 14.5 Å². The summed E-state index contributed by atoms with van der Waals surface area (Å²) in [4.78, 5) is 41.9. The molecule has 2 fully saturated rings. The van der Waals surface area contributed by atoms with E-state index in [1.54, 1.807) is 18.0 Å². The molecule has 1 saturated carbocycles. The molecule has 1 saturated heterocycles. The van der Waals surface area contributed by atoms with Crippen molar-refractivity contribution in [2.24, 2.45) is 7.05 Å². The summed E-state index contributed by atoms with van der Waals surface area (Å²) in [6.07, 6.45) is 8.33. The zero-order chi connectivity index (χ0) is 19.4. The Morgan fingerprint density at radius 3 is 2.70 bits per heavy atom. The zero-order valence-electron chi connectivity index (χ0n) is 15.8. The van der Waals surface area contributed by atoms with Gasteiger partial charge in [0, 0.05) is 37.3 Å². The second-order valence-corrected chi connectivity index (χ2v) is 8.44. The number of amides is 4. The third-order valence-electron chi connectivity index (χ3n) is 5.03. The minimum absolute atomic E-state index is 0.00668. The van der Waals surface area contributed by atoms with Gasteiger partial charge in [0.1, 0.15) is 6.04 Å². The van der Waals surface area contributed by atoms with Crippen molar-refractivity contribution in [2.45, 2.75) is 67.9 Å². The molecule has 148 valence electrons. The molecule has 1 aliphatic heterocycles. The quantitative estimate of drug-likeness (QED) is 0.687. The molecule has 3 rings (SSSR count). The van der Waals surface area contributed by atoms with Gasteiger partial charge in [0.05, 0.1) is 6.42 Å². The molecule has 9 heteroatoms. The first kappa shape index (κ1) is 19.7. The van der Waals surface area contributed by atoms with E-state index in [0.717, 1.165) is 30.8 Å². The molecule has 0 spiro atoms. The highest BCUT2D eigenvalue weighted by Gasteiger charge is 2.38. The van der Waals surface area contributed by atoms with Gasteiger partial charge < -0.3 is 15.2 Å². The molecule has 2 N–H and O–H groups in total. The van der Waals surface area contributed by atoms with Gasteiger partial charge in [-0.15, -0.1) is 0 Å². The van der Waals surface area contributed by atoms with Crippen LogP contribution in [0.4, 0.5) is 4.79 Å². The monoisotopic (exact) mass is 393 g/mol. The number of hydrogen-bond acceptors (Lipinski definition) is 5. The highest BCUT2D eigenvalue weighted by atomic mass is 32.2. The lowest BCUT2D eigenvalue weighted by Gasteiger charge is -2.28. The van der Waals surface area contributed by atoms with E-state index in [4.69, 9.17) is 0 Å². The van der Waals surface area contributed by atoms with E-state index in [2.05, 4.69) is 15.6 Å². The van der Waals surface area contributed by atoms with E-state index in [1.165, 1.54) is 4.90 Å². The number of aryl methyl sites for hydroxylation is 1. The van der Waals surface area contributed by atoms with E-state index in [1.807, 2.05) is 24.7 Å². The Morgan fingerprint density at radius 1 is 1.33 bits per heavy atom. The van der Waals surface area contributed by atoms with Crippen LogP contribution in [0.1, 0.15) is 45.4 Å². The van der Waals surface area contributed by atoms with Crippen LogP contribution in [0.2, 0.25) is 0 Å². The number of carbonyl (C=O) groups is 3. The summed E-state index contributed by atoms with van der Waals surface area (Å²) in [5.74, 6) is -0.473. The van der Waals surface area contributed by atoms with E-state index < -0.39 is 12.1 Å². The number of carbonyl (C=O) groups excluding carboxylic acids is 3. The van der Waals surface area contributed by atoms with Crippen LogP contribution < -0.4 is 10.6 Å². The Labute approximate surface area is 163 Å². The highest BCUT2D eigenvalue weighted by Crippen LogP contribution is 2.32. The molecular formula is C18H27N5O3S. The van der Waals surface area contributed by atoms with Crippen molar-refractivity contribution in [1.82, 2.24) is 25.1 Å². The van der Waals surface area contributed by atoms with Gasteiger partial charge in [-0.1, -0.05) is 18.7 Å². The summed E-state index contributed by atoms with van der Waals surface area (Å²) in [5, 5.41) is 7.17. The largest absolute Gasteiger partial charge is 0.353 e. The Hall–Kier alpha value is -2.03. The van der Waals surface area contributed by atoms with Crippen LogP contribution in [0.15, 0.2) is 17.6 Å². The third kappa shape index (κ3) is 4.82. The number of rotatable bonds is 7. The maximum atomic E-state index is 12.3. The van der Waals surface area contributed by atoms with Crippen LogP contribution in [0, 0.1) is 0 Å². The first-order chi connectivity index (χ1) is 13.0. The SMILES string of the molecule is CCCN1C(=O)NC(CC(=O)NC2CCC(Sc3nccn3C)CC2)C1=O. The van der Waals surface area contributed by atoms with Crippen molar-refractivity contribution in [3.05, 3.63) is 12.4 Å². The second kappa shape index (κ2) is 8.77. The Kier molecular flexibility index (Phi) is 6.41. The summed E-state index contributed by atoms with van der Waals surface area (Å²) in [7, 11) is 1.99. The average molecular weight is 394 g/mol. The van der Waals surface area contributed by atoms with Gasteiger partial charge >= 0.3 is 6.03 Å². The second-order valence-electron chi connectivity index (χ2n) is 7.18.